The Bertz CT molecular complexity index is 966. The van der Waals surface area contributed by atoms with Crippen LogP contribution < -0.4 is 10.2 Å². The van der Waals surface area contributed by atoms with Crippen molar-refractivity contribution in [2.45, 2.75) is 32.9 Å². The molecule has 0 aliphatic carbocycles. The molecule has 29 heavy (non-hydrogen) atoms. The van der Waals surface area contributed by atoms with Crippen molar-refractivity contribution in [3.05, 3.63) is 53.6 Å². The third-order valence-electron chi connectivity index (χ3n) is 4.63. The van der Waals surface area contributed by atoms with Crippen molar-refractivity contribution in [1.29, 1.82) is 0 Å². The van der Waals surface area contributed by atoms with Crippen molar-refractivity contribution in [2.75, 3.05) is 29.1 Å². The fourth-order valence-electron chi connectivity index (χ4n) is 3.13. The number of carbonyl (C=O) groups excluding carboxylic acids is 1. The number of tetrazole rings is 1. The van der Waals surface area contributed by atoms with Gasteiger partial charge in [0, 0.05) is 24.5 Å². The largest absolute Gasteiger partial charge is 0.372 e. The molecule has 1 heterocycles. The zero-order chi connectivity index (χ0) is 20.8. The van der Waals surface area contributed by atoms with E-state index in [9.17, 15) is 4.79 Å². The third kappa shape index (κ3) is 5.14. The number of rotatable bonds is 8. The Labute approximate surface area is 175 Å². The second-order valence-electron chi connectivity index (χ2n) is 6.72. The summed E-state index contributed by atoms with van der Waals surface area (Å²) in [5.41, 5.74) is 5.10. The molecule has 152 valence electrons. The standard InChI is InChI=1S/C21H26N6OS/c1-5-26(6-2)18-10-8-17(9-11-18)22-20(28)14-29-21-23-24-25-27(21)19-12-7-15(3)13-16(19)4/h7-13H,5-6,14H2,1-4H3,(H,22,28). The van der Waals surface area contributed by atoms with Gasteiger partial charge in [-0.1, -0.05) is 29.5 Å². The van der Waals surface area contributed by atoms with E-state index >= 15 is 0 Å². The highest BCUT2D eigenvalue weighted by molar-refractivity contribution is 7.99. The molecular weight excluding hydrogens is 384 g/mol. The minimum atomic E-state index is -0.0965. The van der Waals surface area contributed by atoms with Gasteiger partial charge >= 0.3 is 0 Å². The van der Waals surface area contributed by atoms with Crippen LogP contribution in [-0.2, 0) is 4.79 Å². The van der Waals surface area contributed by atoms with Crippen LogP contribution in [0.5, 0.6) is 0 Å². The first-order valence-electron chi connectivity index (χ1n) is 9.65. The van der Waals surface area contributed by atoms with Gasteiger partial charge in [-0.15, -0.1) is 5.10 Å². The maximum atomic E-state index is 12.4. The first-order chi connectivity index (χ1) is 14.0. The lowest BCUT2D eigenvalue weighted by atomic mass is 10.1. The molecule has 1 amide bonds. The molecule has 0 bridgehead atoms. The van der Waals surface area contributed by atoms with Gasteiger partial charge in [-0.2, -0.15) is 4.68 Å². The highest BCUT2D eigenvalue weighted by atomic mass is 32.2. The first-order valence-corrected chi connectivity index (χ1v) is 10.6. The predicted octanol–water partition coefficient (Wildman–Crippen LogP) is 3.86. The third-order valence-corrected chi connectivity index (χ3v) is 5.55. The van der Waals surface area contributed by atoms with Gasteiger partial charge in [0.1, 0.15) is 0 Å². The number of aryl methyl sites for hydroxylation is 2. The van der Waals surface area contributed by atoms with E-state index in [2.05, 4.69) is 45.7 Å². The molecule has 8 heteroatoms. The van der Waals surface area contributed by atoms with E-state index in [0.717, 1.165) is 35.7 Å². The maximum Gasteiger partial charge on any atom is 0.234 e. The monoisotopic (exact) mass is 410 g/mol. The SMILES string of the molecule is CCN(CC)c1ccc(NC(=O)CSc2nnnn2-c2ccc(C)cc2C)cc1. The zero-order valence-corrected chi connectivity index (χ0v) is 18.0. The van der Waals surface area contributed by atoms with Gasteiger partial charge < -0.3 is 10.2 Å². The first kappa shape index (κ1) is 20.9. The molecule has 0 aliphatic rings. The van der Waals surface area contributed by atoms with Crippen molar-refractivity contribution < 1.29 is 4.79 Å². The molecule has 1 N–H and O–H groups in total. The maximum absolute atomic E-state index is 12.4. The number of aromatic nitrogens is 4. The molecular formula is C21H26N6OS. The fourth-order valence-corrected chi connectivity index (χ4v) is 3.82. The summed E-state index contributed by atoms with van der Waals surface area (Å²) in [4.78, 5) is 14.6. The number of carbonyl (C=O) groups is 1. The van der Waals surface area contributed by atoms with Gasteiger partial charge in [0.05, 0.1) is 11.4 Å². The molecule has 0 atom stereocenters. The van der Waals surface area contributed by atoms with E-state index in [4.69, 9.17) is 0 Å². The molecule has 0 saturated heterocycles. The van der Waals surface area contributed by atoms with Crippen LogP contribution in [0.25, 0.3) is 5.69 Å². The Morgan fingerprint density at radius 3 is 2.48 bits per heavy atom. The smallest absolute Gasteiger partial charge is 0.234 e. The Morgan fingerprint density at radius 1 is 1.10 bits per heavy atom. The van der Waals surface area contributed by atoms with Crippen LogP contribution in [0.4, 0.5) is 11.4 Å². The number of amides is 1. The van der Waals surface area contributed by atoms with Gasteiger partial charge in [0.15, 0.2) is 0 Å². The van der Waals surface area contributed by atoms with Crippen molar-refractivity contribution >= 4 is 29.0 Å². The van der Waals surface area contributed by atoms with E-state index in [1.165, 1.54) is 17.3 Å². The number of hydrogen-bond donors (Lipinski definition) is 1. The number of thioether (sulfide) groups is 1. The summed E-state index contributed by atoms with van der Waals surface area (Å²) in [5, 5.41) is 15.4. The number of benzene rings is 2. The molecule has 3 aromatic rings. The van der Waals surface area contributed by atoms with Gasteiger partial charge in [-0.3, -0.25) is 4.79 Å². The average molecular weight is 411 g/mol. The van der Waals surface area contributed by atoms with Crippen LogP contribution >= 0.6 is 11.8 Å². The Kier molecular flexibility index (Phi) is 6.87. The zero-order valence-electron chi connectivity index (χ0n) is 17.2. The van der Waals surface area contributed by atoms with Crippen molar-refractivity contribution in [3.63, 3.8) is 0 Å². The van der Waals surface area contributed by atoms with Gasteiger partial charge in [-0.25, -0.2) is 0 Å². The second kappa shape index (κ2) is 9.56. The molecule has 0 aliphatic heterocycles. The summed E-state index contributed by atoms with van der Waals surface area (Å²) in [6.07, 6.45) is 0. The van der Waals surface area contributed by atoms with Crippen LogP contribution in [0.1, 0.15) is 25.0 Å². The molecule has 0 spiro atoms. The van der Waals surface area contributed by atoms with Crippen LogP contribution in [0.15, 0.2) is 47.6 Å². The average Bonchev–Trinajstić information content (AvgIpc) is 3.17. The van der Waals surface area contributed by atoms with E-state index in [1.54, 1.807) is 4.68 Å². The Balaban J connectivity index is 1.61. The Hall–Kier alpha value is -2.87. The highest BCUT2D eigenvalue weighted by Crippen LogP contribution is 2.22. The number of nitrogens with zero attached hydrogens (tertiary/aromatic N) is 5. The molecule has 7 nitrogen and oxygen atoms in total. The molecule has 1 aromatic heterocycles. The van der Waals surface area contributed by atoms with Crippen LogP contribution in [0.3, 0.4) is 0 Å². The van der Waals surface area contributed by atoms with Crippen molar-refractivity contribution in [3.8, 4) is 5.69 Å². The summed E-state index contributed by atoms with van der Waals surface area (Å²) in [7, 11) is 0. The number of anilines is 2. The summed E-state index contributed by atoms with van der Waals surface area (Å²) >= 11 is 1.31. The summed E-state index contributed by atoms with van der Waals surface area (Å²) in [5.74, 6) is 0.129. The predicted molar refractivity (Wildman–Crippen MR) is 118 cm³/mol. The van der Waals surface area contributed by atoms with Crippen molar-refractivity contribution in [2.24, 2.45) is 0 Å². The van der Waals surface area contributed by atoms with E-state index in [0.29, 0.717) is 5.16 Å². The molecule has 3 rings (SSSR count). The van der Waals surface area contributed by atoms with Crippen LogP contribution in [-0.4, -0.2) is 45.0 Å². The Morgan fingerprint density at radius 2 is 1.83 bits per heavy atom. The van der Waals surface area contributed by atoms with Crippen molar-refractivity contribution in [1.82, 2.24) is 20.2 Å². The molecule has 2 aromatic carbocycles. The number of hydrogen-bond acceptors (Lipinski definition) is 6. The lowest BCUT2D eigenvalue weighted by Crippen LogP contribution is -2.21. The lowest BCUT2D eigenvalue weighted by Gasteiger charge is -2.21. The lowest BCUT2D eigenvalue weighted by molar-refractivity contribution is -0.113. The van der Waals surface area contributed by atoms with Crippen LogP contribution in [0.2, 0.25) is 0 Å². The fraction of sp³-hybridized carbons (Fsp3) is 0.333. The van der Waals surface area contributed by atoms with E-state index in [1.807, 2.05) is 50.2 Å². The topological polar surface area (TPSA) is 75.9 Å². The molecule has 0 radical (unpaired) electrons. The minimum absolute atomic E-state index is 0.0965. The van der Waals surface area contributed by atoms with Gasteiger partial charge in [-0.05, 0) is 74.0 Å². The second-order valence-corrected chi connectivity index (χ2v) is 7.66. The highest BCUT2D eigenvalue weighted by Gasteiger charge is 2.13. The van der Waals surface area contributed by atoms with Gasteiger partial charge in [0.25, 0.3) is 0 Å². The summed E-state index contributed by atoms with van der Waals surface area (Å²) < 4.78 is 1.67. The van der Waals surface area contributed by atoms with Gasteiger partial charge in [0.2, 0.25) is 11.1 Å². The normalized spacial score (nSPS) is 10.8. The molecule has 0 saturated carbocycles. The number of nitrogens with one attached hydrogen (secondary N) is 1. The summed E-state index contributed by atoms with van der Waals surface area (Å²) in [6.45, 7) is 10.2. The van der Waals surface area contributed by atoms with E-state index in [-0.39, 0.29) is 11.7 Å². The molecule has 0 unspecified atom stereocenters. The van der Waals surface area contributed by atoms with Crippen LogP contribution in [0, 0.1) is 13.8 Å². The molecule has 0 fully saturated rings. The quantitative estimate of drug-likeness (QED) is 0.569. The minimum Gasteiger partial charge on any atom is -0.372 e. The summed E-state index contributed by atoms with van der Waals surface area (Å²) in [6, 6.07) is 14.0. The van der Waals surface area contributed by atoms with E-state index < -0.39 is 0 Å².